The lowest BCUT2D eigenvalue weighted by atomic mass is 10.3. The molecule has 0 aliphatic carbocycles. The molecule has 0 fully saturated rings. The largest absolute Gasteiger partial charge is 0.454 e. The lowest BCUT2D eigenvalue weighted by Gasteiger charge is -2.08. The van der Waals surface area contributed by atoms with Crippen molar-refractivity contribution in [3.63, 3.8) is 0 Å². The molecule has 2 aromatic carbocycles. The SMILES string of the molecule is Fc1c(Cl)cc(Oc2ccc(Cl)cc2)c(F)c1F. The molecule has 1 nitrogen and oxygen atoms in total. The van der Waals surface area contributed by atoms with Crippen molar-refractivity contribution in [3.05, 3.63) is 57.8 Å². The maximum atomic E-state index is 13.4. The van der Waals surface area contributed by atoms with Crippen molar-refractivity contribution < 1.29 is 17.9 Å². The maximum Gasteiger partial charge on any atom is 0.204 e. The number of hydrogen-bond acceptors (Lipinski definition) is 1. The summed E-state index contributed by atoms with van der Waals surface area (Å²) in [4.78, 5) is 0. The van der Waals surface area contributed by atoms with E-state index in [1.807, 2.05) is 0 Å². The van der Waals surface area contributed by atoms with Crippen LogP contribution in [0, 0.1) is 17.5 Å². The predicted octanol–water partition coefficient (Wildman–Crippen LogP) is 5.20. The molecule has 0 amide bonds. The van der Waals surface area contributed by atoms with Crippen molar-refractivity contribution in [2.45, 2.75) is 0 Å². The van der Waals surface area contributed by atoms with Crippen LogP contribution in [0.5, 0.6) is 11.5 Å². The van der Waals surface area contributed by atoms with Crippen LogP contribution in [0.25, 0.3) is 0 Å². The molecule has 0 aromatic heterocycles. The van der Waals surface area contributed by atoms with Crippen LogP contribution in [0.4, 0.5) is 13.2 Å². The van der Waals surface area contributed by atoms with Gasteiger partial charge in [-0.2, -0.15) is 4.39 Å². The van der Waals surface area contributed by atoms with E-state index in [0.717, 1.165) is 6.07 Å². The zero-order chi connectivity index (χ0) is 13.3. The van der Waals surface area contributed by atoms with Gasteiger partial charge in [0, 0.05) is 11.1 Å². The van der Waals surface area contributed by atoms with Gasteiger partial charge in [-0.15, -0.1) is 0 Å². The van der Waals surface area contributed by atoms with Gasteiger partial charge < -0.3 is 4.74 Å². The molecule has 18 heavy (non-hydrogen) atoms. The van der Waals surface area contributed by atoms with E-state index in [1.54, 1.807) is 0 Å². The van der Waals surface area contributed by atoms with Gasteiger partial charge in [-0.3, -0.25) is 0 Å². The van der Waals surface area contributed by atoms with Gasteiger partial charge in [0.05, 0.1) is 5.02 Å². The Labute approximate surface area is 111 Å². The monoisotopic (exact) mass is 292 g/mol. The van der Waals surface area contributed by atoms with Crippen molar-refractivity contribution in [2.75, 3.05) is 0 Å². The van der Waals surface area contributed by atoms with Crippen LogP contribution in [0.2, 0.25) is 10.0 Å². The lowest BCUT2D eigenvalue weighted by molar-refractivity contribution is 0.394. The second-order valence-electron chi connectivity index (χ2n) is 3.35. The second kappa shape index (κ2) is 5.08. The van der Waals surface area contributed by atoms with Crippen LogP contribution in [-0.2, 0) is 0 Å². The number of hydrogen-bond donors (Lipinski definition) is 0. The van der Waals surface area contributed by atoms with Crippen molar-refractivity contribution >= 4 is 23.2 Å². The molecule has 0 saturated carbocycles. The highest BCUT2D eigenvalue weighted by Gasteiger charge is 2.19. The van der Waals surface area contributed by atoms with E-state index in [0.29, 0.717) is 5.02 Å². The normalized spacial score (nSPS) is 10.5. The van der Waals surface area contributed by atoms with Crippen molar-refractivity contribution in [1.82, 2.24) is 0 Å². The van der Waals surface area contributed by atoms with Gasteiger partial charge in [-0.1, -0.05) is 23.2 Å². The molecule has 0 aliphatic rings. The Morgan fingerprint density at radius 1 is 0.833 bits per heavy atom. The summed E-state index contributed by atoms with van der Waals surface area (Å²) < 4.78 is 44.5. The minimum absolute atomic E-state index is 0.223. The molecule has 0 bridgehead atoms. The third-order valence-electron chi connectivity index (χ3n) is 2.11. The van der Waals surface area contributed by atoms with Crippen molar-refractivity contribution in [3.8, 4) is 11.5 Å². The van der Waals surface area contributed by atoms with Gasteiger partial charge in [-0.25, -0.2) is 8.78 Å². The smallest absolute Gasteiger partial charge is 0.204 e. The maximum absolute atomic E-state index is 13.4. The molecule has 6 heteroatoms. The number of ether oxygens (including phenoxy) is 1. The average molecular weight is 293 g/mol. The van der Waals surface area contributed by atoms with Crippen LogP contribution in [0.15, 0.2) is 30.3 Å². The molecule has 0 unspecified atom stereocenters. The fraction of sp³-hybridized carbons (Fsp3) is 0. The molecule has 0 saturated heterocycles. The van der Waals surface area contributed by atoms with Crippen LogP contribution >= 0.6 is 23.2 Å². The van der Waals surface area contributed by atoms with Gasteiger partial charge in [0.25, 0.3) is 0 Å². The van der Waals surface area contributed by atoms with Gasteiger partial charge in [0.1, 0.15) is 5.75 Å². The number of rotatable bonds is 2. The quantitative estimate of drug-likeness (QED) is 0.546. The van der Waals surface area contributed by atoms with Crippen LogP contribution < -0.4 is 4.74 Å². The van der Waals surface area contributed by atoms with Gasteiger partial charge >= 0.3 is 0 Å². The Kier molecular flexibility index (Phi) is 3.68. The molecule has 2 rings (SSSR count). The zero-order valence-electron chi connectivity index (χ0n) is 8.68. The highest BCUT2D eigenvalue weighted by Crippen LogP contribution is 2.32. The van der Waals surface area contributed by atoms with Crippen molar-refractivity contribution in [2.24, 2.45) is 0 Å². The fourth-order valence-electron chi connectivity index (χ4n) is 1.26. The fourth-order valence-corrected chi connectivity index (χ4v) is 1.56. The van der Waals surface area contributed by atoms with E-state index in [2.05, 4.69) is 0 Å². The van der Waals surface area contributed by atoms with Crippen LogP contribution in [0.1, 0.15) is 0 Å². The topological polar surface area (TPSA) is 9.23 Å². The highest BCUT2D eigenvalue weighted by atomic mass is 35.5. The molecule has 0 N–H and O–H groups in total. The Morgan fingerprint density at radius 3 is 2.06 bits per heavy atom. The third kappa shape index (κ3) is 2.54. The van der Waals surface area contributed by atoms with Gasteiger partial charge in [-0.05, 0) is 24.3 Å². The molecule has 94 valence electrons. The Hall–Kier alpha value is -1.39. The minimum atomic E-state index is -1.67. The Bertz CT molecular complexity index is 585. The molecule has 0 radical (unpaired) electrons. The van der Waals surface area contributed by atoms with E-state index >= 15 is 0 Å². The number of benzene rings is 2. The third-order valence-corrected chi connectivity index (χ3v) is 2.64. The lowest BCUT2D eigenvalue weighted by Crippen LogP contribution is -1.96. The van der Waals surface area contributed by atoms with Gasteiger partial charge in [0.2, 0.25) is 5.82 Å². The first-order chi connectivity index (χ1) is 8.49. The molecular formula is C12H5Cl2F3O. The van der Waals surface area contributed by atoms with E-state index in [4.69, 9.17) is 27.9 Å². The summed E-state index contributed by atoms with van der Waals surface area (Å²) in [7, 11) is 0. The zero-order valence-corrected chi connectivity index (χ0v) is 10.2. The Balaban J connectivity index is 2.38. The first-order valence-corrected chi connectivity index (χ1v) is 5.51. The molecule has 0 heterocycles. The summed E-state index contributed by atoms with van der Waals surface area (Å²) in [6.07, 6.45) is 0. The van der Waals surface area contributed by atoms with Crippen LogP contribution in [0.3, 0.4) is 0 Å². The summed E-state index contributed by atoms with van der Waals surface area (Å²) in [5, 5.41) is -0.0935. The Morgan fingerprint density at radius 2 is 1.44 bits per heavy atom. The van der Waals surface area contributed by atoms with Crippen LogP contribution in [-0.4, -0.2) is 0 Å². The molecule has 0 spiro atoms. The summed E-state index contributed by atoms with van der Waals surface area (Å²) in [6.45, 7) is 0. The standard InChI is InChI=1S/C12H5Cl2F3O/c13-6-1-3-7(4-2-6)18-9-5-8(14)10(15)12(17)11(9)16/h1-5H. The summed E-state index contributed by atoms with van der Waals surface area (Å²) in [5.41, 5.74) is 0. The summed E-state index contributed by atoms with van der Waals surface area (Å²) in [5.74, 6) is -4.84. The van der Waals surface area contributed by atoms with E-state index < -0.39 is 28.2 Å². The predicted molar refractivity (Wildman–Crippen MR) is 62.9 cm³/mol. The van der Waals surface area contributed by atoms with E-state index in [9.17, 15) is 13.2 Å². The molecular weight excluding hydrogens is 288 g/mol. The van der Waals surface area contributed by atoms with Crippen molar-refractivity contribution in [1.29, 1.82) is 0 Å². The average Bonchev–Trinajstić information content (AvgIpc) is 2.36. The van der Waals surface area contributed by atoms with E-state index in [-0.39, 0.29) is 5.75 Å². The summed E-state index contributed by atoms with van der Waals surface area (Å²) in [6, 6.07) is 6.80. The first kappa shape index (κ1) is 13.1. The minimum Gasteiger partial charge on any atom is -0.454 e. The van der Waals surface area contributed by atoms with Gasteiger partial charge in [0.15, 0.2) is 17.4 Å². The second-order valence-corrected chi connectivity index (χ2v) is 4.20. The molecule has 2 aromatic rings. The van der Waals surface area contributed by atoms with E-state index in [1.165, 1.54) is 24.3 Å². The number of halogens is 5. The summed E-state index contributed by atoms with van der Waals surface area (Å²) >= 11 is 11.1. The molecule has 0 atom stereocenters. The highest BCUT2D eigenvalue weighted by molar-refractivity contribution is 6.31. The first-order valence-electron chi connectivity index (χ1n) is 4.75. The molecule has 0 aliphatic heterocycles.